The predicted molar refractivity (Wildman–Crippen MR) is 170 cm³/mol. The summed E-state index contributed by atoms with van der Waals surface area (Å²) < 4.78 is 7.85. The van der Waals surface area contributed by atoms with E-state index in [0.717, 1.165) is 22.3 Å². The lowest BCUT2D eigenvalue weighted by Gasteiger charge is -2.29. The Bertz CT molecular complexity index is 1690. The van der Waals surface area contributed by atoms with E-state index < -0.39 is 6.04 Å². The number of aromatic nitrogens is 1. The van der Waals surface area contributed by atoms with Crippen LogP contribution in [0.3, 0.4) is 0 Å². The average molecular weight is 590 g/mol. The number of carbonyl (C=O) groups excluding carboxylic acids is 1. The lowest BCUT2D eigenvalue weighted by atomic mass is 9.78. The number of aromatic hydroxyl groups is 1. The predicted octanol–water partition coefficient (Wildman–Crippen LogP) is 5.41. The molecule has 8 heteroatoms. The molecular formula is C34H43N3O4S. The quantitative estimate of drug-likeness (QED) is 0.417. The number of hydrogen-bond acceptors (Lipinski definition) is 6. The molecule has 0 saturated heterocycles. The lowest BCUT2D eigenvalue weighted by molar-refractivity contribution is -0.127. The minimum atomic E-state index is -0.692. The lowest BCUT2D eigenvalue weighted by Crippen LogP contribution is -2.43. The van der Waals surface area contributed by atoms with Gasteiger partial charge in [-0.05, 0) is 61.4 Å². The van der Waals surface area contributed by atoms with Gasteiger partial charge >= 0.3 is 0 Å². The van der Waals surface area contributed by atoms with Crippen molar-refractivity contribution in [1.29, 1.82) is 0 Å². The maximum atomic E-state index is 14.3. The van der Waals surface area contributed by atoms with Crippen molar-refractivity contribution < 1.29 is 14.6 Å². The second-order valence-corrected chi connectivity index (χ2v) is 13.8. The van der Waals surface area contributed by atoms with Crippen LogP contribution in [0.1, 0.15) is 90.6 Å². The van der Waals surface area contributed by atoms with Crippen molar-refractivity contribution in [3.63, 3.8) is 0 Å². The number of thiazole rings is 1. The highest BCUT2D eigenvalue weighted by molar-refractivity contribution is 7.07. The van der Waals surface area contributed by atoms with Gasteiger partial charge in [0.2, 0.25) is 0 Å². The first kappa shape index (κ1) is 31.3. The molecule has 42 heavy (non-hydrogen) atoms. The van der Waals surface area contributed by atoms with Gasteiger partial charge in [0, 0.05) is 29.8 Å². The van der Waals surface area contributed by atoms with Gasteiger partial charge < -0.3 is 14.7 Å². The van der Waals surface area contributed by atoms with E-state index >= 15 is 0 Å². The molecule has 1 N–H and O–H groups in total. The number of allylic oxidation sites excluding steroid dienone is 1. The molecule has 1 aliphatic heterocycles. The number of hydrogen-bond donors (Lipinski definition) is 1. The minimum Gasteiger partial charge on any atom is -0.507 e. The fourth-order valence-electron chi connectivity index (χ4n) is 5.50. The second kappa shape index (κ2) is 11.6. The second-order valence-electron chi connectivity index (χ2n) is 12.8. The summed E-state index contributed by atoms with van der Waals surface area (Å²) in [6.07, 6.45) is 1.87. The third-order valence-electron chi connectivity index (χ3n) is 7.78. The van der Waals surface area contributed by atoms with Crippen molar-refractivity contribution in [3.05, 3.63) is 89.6 Å². The molecule has 1 atom stereocenters. The Kier molecular flexibility index (Phi) is 8.61. The van der Waals surface area contributed by atoms with Crippen LogP contribution >= 0.6 is 11.3 Å². The number of likely N-dealkylation sites (N-methyl/N-ethyl adjacent to an activating group) is 1. The molecule has 2 aromatic carbocycles. The number of amides is 1. The van der Waals surface area contributed by atoms with Gasteiger partial charge in [-0.3, -0.25) is 14.2 Å². The first-order valence-electron chi connectivity index (χ1n) is 14.5. The van der Waals surface area contributed by atoms with Gasteiger partial charge in [-0.1, -0.05) is 71.1 Å². The van der Waals surface area contributed by atoms with Crippen molar-refractivity contribution in [1.82, 2.24) is 9.47 Å². The molecule has 0 bridgehead atoms. The molecule has 4 rings (SSSR count). The van der Waals surface area contributed by atoms with Crippen LogP contribution < -0.4 is 19.6 Å². The first-order valence-corrected chi connectivity index (χ1v) is 15.3. The fourth-order valence-corrected chi connectivity index (χ4v) is 6.54. The van der Waals surface area contributed by atoms with Gasteiger partial charge in [-0.2, -0.15) is 0 Å². The summed E-state index contributed by atoms with van der Waals surface area (Å²) in [4.78, 5) is 35.2. The average Bonchev–Trinajstić information content (AvgIpc) is 3.22. The zero-order valence-electron chi connectivity index (χ0n) is 26.5. The van der Waals surface area contributed by atoms with Crippen LogP contribution in [0.2, 0.25) is 0 Å². The van der Waals surface area contributed by atoms with Crippen LogP contribution in [0.5, 0.6) is 11.5 Å². The van der Waals surface area contributed by atoms with Crippen molar-refractivity contribution in [2.24, 2.45) is 4.99 Å². The molecule has 1 aromatic heterocycles. The van der Waals surface area contributed by atoms with Gasteiger partial charge in [0.1, 0.15) is 17.5 Å². The number of carbonyl (C=O) groups is 1. The van der Waals surface area contributed by atoms with E-state index in [-0.39, 0.29) is 22.3 Å². The molecule has 0 fully saturated rings. The van der Waals surface area contributed by atoms with Crippen molar-refractivity contribution >= 4 is 23.3 Å². The molecular weight excluding hydrogens is 546 g/mol. The standard InChI is InChI=1S/C34H43N3O4S/c1-11-36(12-2)31(40)27-20(3)35-32-37(28(27)22-15-13-14-16-25(22)41-10)30(39)26(42-32)19-21-17-23(33(4,5)6)29(38)24(18-21)34(7,8)9/h13-19,28,38H,11-12H2,1-10H3/b26-19+/t28-/m0/s1. The molecule has 1 amide bonds. The number of phenolic OH excluding ortho intramolecular Hbond substituents is 1. The van der Waals surface area contributed by atoms with E-state index in [1.165, 1.54) is 11.3 Å². The molecule has 1 aliphatic rings. The number of phenols is 1. The summed E-state index contributed by atoms with van der Waals surface area (Å²) in [5, 5.41) is 11.2. The summed E-state index contributed by atoms with van der Waals surface area (Å²) in [7, 11) is 1.59. The fraction of sp³-hybridized carbons (Fsp3) is 0.441. The highest BCUT2D eigenvalue weighted by Gasteiger charge is 2.35. The van der Waals surface area contributed by atoms with Crippen LogP contribution in [-0.2, 0) is 15.6 Å². The Balaban J connectivity index is 2.03. The summed E-state index contributed by atoms with van der Waals surface area (Å²) in [6, 6.07) is 10.7. The van der Waals surface area contributed by atoms with Gasteiger partial charge in [0.15, 0.2) is 4.80 Å². The molecule has 7 nitrogen and oxygen atoms in total. The molecule has 0 aliphatic carbocycles. The van der Waals surface area contributed by atoms with E-state index in [1.807, 2.05) is 63.2 Å². The Hall–Kier alpha value is -3.65. The Morgan fingerprint density at radius 3 is 2.17 bits per heavy atom. The summed E-state index contributed by atoms with van der Waals surface area (Å²) in [6.45, 7) is 19.2. The van der Waals surface area contributed by atoms with E-state index in [0.29, 0.717) is 45.2 Å². The topological polar surface area (TPSA) is 84.1 Å². The molecule has 2 heterocycles. The van der Waals surface area contributed by atoms with Crippen LogP contribution in [0.4, 0.5) is 0 Å². The summed E-state index contributed by atoms with van der Waals surface area (Å²) in [5.74, 6) is 0.745. The van der Waals surface area contributed by atoms with Gasteiger partial charge in [-0.25, -0.2) is 4.99 Å². The van der Waals surface area contributed by atoms with Crippen molar-refractivity contribution in [2.75, 3.05) is 20.2 Å². The third-order valence-corrected chi connectivity index (χ3v) is 8.77. The summed E-state index contributed by atoms with van der Waals surface area (Å²) >= 11 is 1.30. The monoisotopic (exact) mass is 589 g/mol. The number of nitrogens with zero attached hydrogens (tertiary/aromatic N) is 3. The molecule has 0 saturated carbocycles. The van der Waals surface area contributed by atoms with Crippen LogP contribution in [0.15, 0.2) is 57.5 Å². The Labute approximate surface area is 252 Å². The molecule has 0 unspecified atom stereocenters. The number of benzene rings is 2. The number of para-hydroxylation sites is 1. The largest absolute Gasteiger partial charge is 0.507 e. The van der Waals surface area contributed by atoms with E-state index in [4.69, 9.17) is 9.73 Å². The molecule has 0 spiro atoms. The van der Waals surface area contributed by atoms with Crippen LogP contribution in [0, 0.1) is 0 Å². The van der Waals surface area contributed by atoms with Gasteiger partial charge in [0.05, 0.1) is 22.9 Å². The molecule has 0 radical (unpaired) electrons. The number of methoxy groups -OCH3 is 1. The highest BCUT2D eigenvalue weighted by Crippen LogP contribution is 2.40. The van der Waals surface area contributed by atoms with Crippen LogP contribution in [-0.4, -0.2) is 40.7 Å². The molecule has 3 aromatic rings. The van der Waals surface area contributed by atoms with Gasteiger partial charge in [0.25, 0.3) is 11.5 Å². The Morgan fingerprint density at radius 1 is 1.07 bits per heavy atom. The Morgan fingerprint density at radius 2 is 1.64 bits per heavy atom. The highest BCUT2D eigenvalue weighted by atomic mass is 32.1. The summed E-state index contributed by atoms with van der Waals surface area (Å²) in [5.41, 5.74) is 3.43. The van der Waals surface area contributed by atoms with Crippen LogP contribution in [0.25, 0.3) is 6.08 Å². The number of ether oxygens (including phenoxy) is 1. The smallest absolute Gasteiger partial charge is 0.271 e. The zero-order valence-corrected chi connectivity index (χ0v) is 27.3. The minimum absolute atomic E-state index is 0.144. The normalized spacial score (nSPS) is 15.9. The van der Waals surface area contributed by atoms with Gasteiger partial charge in [-0.15, -0.1) is 0 Å². The zero-order chi connectivity index (χ0) is 31.1. The van der Waals surface area contributed by atoms with Crippen molar-refractivity contribution in [3.8, 4) is 11.5 Å². The first-order chi connectivity index (χ1) is 19.6. The maximum absolute atomic E-state index is 14.3. The molecule has 224 valence electrons. The SMILES string of the molecule is CCN(CC)C(=O)C1=C(C)N=c2s/c(=C/c3cc(C(C)(C)C)c(O)c(C(C)(C)C)c3)c(=O)n2[C@H]1c1ccccc1OC. The number of fused-ring (bicyclic) bond motifs is 1. The van der Waals surface area contributed by atoms with E-state index in [9.17, 15) is 14.7 Å². The maximum Gasteiger partial charge on any atom is 0.271 e. The third kappa shape index (κ3) is 5.69. The van der Waals surface area contributed by atoms with E-state index in [2.05, 4.69) is 41.5 Å². The number of rotatable bonds is 6. The van der Waals surface area contributed by atoms with E-state index in [1.54, 1.807) is 16.6 Å². The van der Waals surface area contributed by atoms with Crippen molar-refractivity contribution in [2.45, 2.75) is 79.2 Å².